The van der Waals surface area contributed by atoms with Crippen molar-refractivity contribution < 1.29 is 13.9 Å². The van der Waals surface area contributed by atoms with Crippen LogP contribution in [0.25, 0.3) is 0 Å². The predicted octanol–water partition coefficient (Wildman–Crippen LogP) is 3.85. The Kier molecular flexibility index (Phi) is 7.33. The number of benzene rings is 1. The second-order valence-corrected chi connectivity index (χ2v) is 7.88. The maximum Gasteiger partial charge on any atom is 0.315 e. The highest BCUT2D eigenvalue weighted by Gasteiger charge is 2.22. The number of hydrogen-bond donors (Lipinski definition) is 2. The van der Waals surface area contributed by atoms with Crippen molar-refractivity contribution in [1.29, 1.82) is 0 Å². The van der Waals surface area contributed by atoms with Crippen molar-refractivity contribution >= 4 is 6.03 Å². The molecule has 150 valence electrons. The summed E-state index contributed by atoms with van der Waals surface area (Å²) in [4.78, 5) is 14.8. The second-order valence-electron chi connectivity index (χ2n) is 7.88. The van der Waals surface area contributed by atoms with E-state index in [1.165, 1.54) is 38.1 Å². The summed E-state index contributed by atoms with van der Waals surface area (Å²) in [6.07, 6.45) is 6.29. The molecular weight excluding hydrogens is 345 g/mol. The van der Waals surface area contributed by atoms with Crippen LogP contribution in [0, 0.1) is 11.7 Å². The van der Waals surface area contributed by atoms with Gasteiger partial charge in [-0.2, -0.15) is 0 Å². The number of unbranched alkanes of at least 4 members (excludes halogenated alkanes) is 1. The van der Waals surface area contributed by atoms with E-state index in [4.69, 9.17) is 4.74 Å². The first kappa shape index (κ1) is 19.9. The normalized spacial score (nSPS) is 23.0. The standard InChI is InChI=1S/C21H32FN3O2/c1-16-6-4-12-25(15-16)11-3-2-10-23-21(26)24-19-7-5-13-27-20-9-8-17(22)14-18(19)20/h8-9,14,16,19H,2-7,10-13,15H2,1H3,(H2,23,24,26). The number of amides is 2. The fourth-order valence-corrected chi connectivity index (χ4v) is 4.06. The molecule has 1 aromatic rings. The molecule has 0 aromatic heterocycles. The van der Waals surface area contributed by atoms with Gasteiger partial charge in [-0.15, -0.1) is 0 Å². The quantitative estimate of drug-likeness (QED) is 0.741. The highest BCUT2D eigenvalue weighted by Crippen LogP contribution is 2.31. The third-order valence-electron chi connectivity index (χ3n) is 5.48. The average Bonchev–Trinajstić information content (AvgIpc) is 2.84. The predicted molar refractivity (Wildman–Crippen MR) is 104 cm³/mol. The molecule has 6 heteroatoms. The van der Waals surface area contributed by atoms with Crippen LogP contribution in [-0.4, -0.2) is 43.7 Å². The van der Waals surface area contributed by atoms with Gasteiger partial charge < -0.3 is 20.3 Å². The van der Waals surface area contributed by atoms with Crippen molar-refractivity contribution in [2.24, 2.45) is 5.92 Å². The van der Waals surface area contributed by atoms with Crippen LogP contribution < -0.4 is 15.4 Å². The Labute approximate surface area is 161 Å². The van der Waals surface area contributed by atoms with E-state index in [0.717, 1.165) is 43.7 Å². The summed E-state index contributed by atoms with van der Waals surface area (Å²) >= 11 is 0. The molecule has 1 fully saturated rings. The Morgan fingerprint density at radius 3 is 3.04 bits per heavy atom. The summed E-state index contributed by atoms with van der Waals surface area (Å²) in [6, 6.07) is 4.09. The average molecular weight is 378 g/mol. The summed E-state index contributed by atoms with van der Waals surface area (Å²) in [7, 11) is 0. The molecule has 2 heterocycles. The van der Waals surface area contributed by atoms with Gasteiger partial charge in [-0.25, -0.2) is 9.18 Å². The highest BCUT2D eigenvalue weighted by atomic mass is 19.1. The monoisotopic (exact) mass is 377 g/mol. The molecule has 1 saturated heterocycles. The zero-order chi connectivity index (χ0) is 19.1. The van der Waals surface area contributed by atoms with Crippen LogP contribution in [0.2, 0.25) is 0 Å². The van der Waals surface area contributed by atoms with Gasteiger partial charge in [0.1, 0.15) is 11.6 Å². The van der Waals surface area contributed by atoms with Gasteiger partial charge in [0, 0.05) is 18.7 Å². The molecule has 2 N–H and O–H groups in total. The number of nitrogens with zero attached hydrogens (tertiary/aromatic N) is 1. The van der Waals surface area contributed by atoms with Gasteiger partial charge in [0.2, 0.25) is 0 Å². The Balaban J connectivity index is 1.39. The molecule has 27 heavy (non-hydrogen) atoms. The molecule has 2 amide bonds. The van der Waals surface area contributed by atoms with Crippen molar-refractivity contribution in [3.05, 3.63) is 29.6 Å². The molecular formula is C21H32FN3O2. The van der Waals surface area contributed by atoms with Gasteiger partial charge in [-0.1, -0.05) is 6.92 Å². The lowest BCUT2D eigenvalue weighted by atomic mass is 10.0. The number of ether oxygens (including phenoxy) is 1. The first-order chi connectivity index (χ1) is 13.1. The SMILES string of the molecule is CC1CCCN(CCCCNC(=O)NC2CCCOc3ccc(F)cc32)C1. The minimum Gasteiger partial charge on any atom is -0.493 e. The lowest BCUT2D eigenvalue weighted by molar-refractivity contribution is 0.181. The summed E-state index contributed by atoms with van der Waals surface area (Å²) < 4.78 is 19.3. The van der Waals surface area contributed by atoms with E-state index in [0.29, 0.717) is 18.9 Å². The number of carbonyl (C=O) groups is 1. The van der Waals surface area contributed by atoms with Crippen LogP contribution >= 0.6 is 0 Å². The number of halogens is 1. The maximum atomic E-state index is 13.6. The number of hydrogen-bond acceptors (Lipinski definition) is 3. The molecule has 2 aliphatic rings. The molecule has 1 aromatic carbocycles. The van der Waals surface area contributed by atoms with Crippen molar-refractivity contribution in [3.63, 3.8) is 0 Å². The van der Waals surface area contributed by atoms with Crippen LogP contribution in [0.1, 0.15) is 57.1 Å². The lowest BCUT2D eigenvalue weighted by Crippen LogP contribution is -2.39. The zero-order valence-electron chi connectivity index (χ0n) is 16.3. The summed E-state index contributed by atoms with van der Waals surface area (Å²) in [5.74, 6) is 1.16. The van der Waals surface area contributed by atoms with Gasteiger partial charge in [0.15, 0.2) is 0 Å². The third-order valence-corrected chi connectivity index (χ3v) is 5.48. The van der Waals surface area contributed by atoms with Crippen molar-refractivity contribution in [1.82, 2.24) is 15.5 Å². The number of likely N-dealkylation sites (tertiary alicyclic amines) is 1. The smallest absolute Gasteiger partial charge is 0.315 e. The third kappa shape index (κ3) is 6.09. The van der Waals surface area contributed by atoms with Crippen LogP contribution in [0.5, 0.6) is 5.75 Å². The van der Waals surface area contributed by atoms with Crippen molar-refractivity contribution in [2.75, 3.05) is 32.8 Å². The molecule has 0 radical (unpaired) electrons. The first-order valence-corrected chi connectivity index (χ1v) is 10.3. The van der Waals surface area contributed by atoms with E-state index < -0.39 is 0 Å². The minimum atomic E-state index is -0.307. The van der Waals surface area contributed by atoms with Gasteiger partial charge in [-0.05, 0) is 75.7 Å². The summed E-state index contributed by atoms with van der Waals surface area (Å²) in [5.41, 5.74) is 0.724. The summed E-state index contributed by atoms with van der Waals surface area (Å²) in [5, 5.41) is 5.92. The van der Waals surface area contributed by atoms with Crippen LogP contribution in [0.15, 0.2) is 18.2 Å². The lowest BCUT2D eigenvalue weighted by Gasteiger charge is -2.30. The van der Waals surface area contributed by atoms with Crippen LogP contribution in [-0.2, 0) is 0 Å². The Bertz CT molecular complexity index is 625. The Hall–Kier alpha value is -1.82. The van der Waals surface area contributed by atoms with Crippen LogP contribution in [0.3, 0.4) is 0 Å². The second kappa shape index (κ2) is 9.93. The van der Waals surface area contributed by atoms with Gasteiger partial charge in [0.25, 0.3) is 0 Å². The molecule has 5 nitrogen and oxygen atoms in total. The molecule has 3 rings (SSSR count). The fourth-order valence-electron chi connectivity index (χ4n) is 4.06. The topological polar surface area (TPSA) is 53.6 Å². The number of piperidine rings is 1. The van der Waals surface area contributed by atoms with E-state index in [-0.39, 0.29) is 17.9 Å². The van der Waals surface area contributed by atoms with Crippen molar-refractivity contribution in [2.45, 2.75) is 51.5 Å². The fraction of sp³-hybridized carbons (Fsp3) is 0.667. The van der Waals surface area contributed by atoms with Gasteiger partial charge in [0.05, 0.1) is 12.6 Å². The number of urea groups is 1. The number of rotatable bonds is 6. The molecule has 2 unspecified atom stereocenters. The molecule has 2 atom stereocenters. The molecule has 2 aliphatic heterocycles. The van der Waals surface area contributed by atoms with E-state index in [1.54, 1.807) is 6.07 Å². The number of nitrogens with one attached hydrogen (secondary N) is 2. The van der Waals surface area contributed by atoms with E-state index in [1.807, 2.05) is 0 Å². The van der Waals surface area contributed by atoms with Crippen LogP contribution in [0.4, 0.5) is 9.18 Å². The van der Waals surface area contributed by atoms with E-state index in [2.05, 4.69) is 22.5 Å². The van der Waals surface area contributed by atoms with E-state index >= 15 is 0 Å². The highest BCUT2D eigenvalue weighted by molar-refractivity contribution is 5.74. The zero-order valence-corrected chi connectivity index (χ0v) is 16.3. The van der Waals surface area contributed by atoms with Gasteiger partial charge >= 0.3 is 6.03 Å². The molecule has 0 saturated carbocycles. The molecule has 0 bridgehead atoms. The largest absolute Gasteiger partial charge is 0.493 e. The first-order valence-electron chi connectivity index (χ1n) is 10.3. The Morgan fingerprint density at radius 2 is 2.19 bits per heavy atom. The van der Waals surface area contributed by atoms with Gasteiger partial charge in [-0.3, -0.25) is 0 Å². The van der Waals surface area contributed by atoms with Crippen molar-refractivity contribution in [3.8, 4) is 5.75 Å². The molecule has 0 aliphatic carbocycles. The minimum absolute atomic E-state index is 0.191. The maximum absolute atomic E-state index is 13.6. The number of carbonyl (C=O) groups excluding carboxylic acids is 1. The molecule has 0 spiro atoms. The number of fused-ring (bicyclic) bond motifs is 1. The van der Waals surface area contributed by atoms with E-state index in [9.17, 15) is 9.18 Å². The summed E-state index contributed by atoms with van der Waals surface area (Å²) in [6.45, 7) is 7.09. The Morgan fingerprint density at radius 1 is 1.30 bits per heavy atom.